The molecule has 0 bridgehead atoms. The van der Waals surface area contributed by atoms with E-state index in [0.717, 1.165) is 17.1 Å². The normalized spacial score (nSPS) is 15.8. The molecule has 1 aromatic rings. The lowest BCUT2D eigenvalue weighted by Crippen LogP contribution is -2.41. The van der Waals surface area contributed by atoms with Gasteiger partial charge < -0.3 is 19.7 Å². The molecule has 2 atom stereocenters. The maximum atomic E-state index is 11.6. The summed E-state index contributed by atoms with van der Waals surface area (Å²) in [7, 11) is 3.48. The van der Waals surface area contributed by atoms with Crippen LogP contribution in [-0.2, 0) is 10.4 Å². The minimum atomic E-state index is -1.02. The molecule has 114 valence electrons. The molecule has 0 saturated heterocycles. The summed E-state index contributed by atoms with van der Waals surface area (Å²) in [5.74, 6) is 1.58. The van der Waals surface area contributed by atoms with E-state index in [4.69, 9.17) is 4.42 Å². The first-order valence-corrected chi connectivity index (χ1v) is 6.87. The van der Waals surface area contributed by atoms with Gasteiger partial charge in [-0.3, -0.25) is 4.79 Å². The van der Waals surface area contributed by atoms with E-state index in [0.29, 0.717) is 13.0 Å². The van der Waals surface area contributed by atoms with Crippen molar-refractivity contribution in [1.82, 2.24) is 10.2 Å². The van der Waals surface area contributed by atoms with Crippen molar-refractivity contribution in [1.29, 1.82) is 0 Å². The lowest BCUT2D eigenvalue weighted by atomic mass is 9.96. The van der Waals surface area contributed by atoms with Gasteiger partial charge in [-0.15, -0.1) is 0 Å². The molecular weight excluding hydrogens is 256 g/mol. The molecule has 0 radical (unpaired) electrons. The summed E-state index contributed by atoms with van der Waals surface area (Å²) in [4.78, 5) is 13.2. The number of aliphatic hydroxyl groups is 1. The summed E-state index contributed by atoms with van der Waals surface area (Å²) >= 11 is 0. The van der Waals surface area contributed by atoms with Crippen LogP contribution < -0.4 is 5.32 Å². The Balaban J connectivity index is 2.59. The van der Waals surface area contributed by atoms with Crippen molar-refractivity contribution < 1.29 is 14.3 Å². The van der Waals surface area contributed by atoms with Crippen LogP contribution >= 0.6 is 0 Å². The number of hydrogen-bond donors (Lipinski definition) is 2. The number of furan rings is 1. The van der Waals surface area contributed by atoms with Crippen LogP contribution in [0.2, 0.25) is 0 Å². The van der Waals surface area contributed by atoms with E-state index in [9.17, 15) is 9.90 Å². The fraction of sp³-hybridized carbons (Fsp3) is 0.667. The van der Waals surface area contributed by atoms with E-state index in [1.54, 1.807) is 25.9 Å². The lowest BCUT2D eigenvalue weighted by molar-refractivity contribution is -0.129. The van der Waals surface area contributed by atoms with Crippen molar-refractivity contribution in [2.45, 2.75) is 45.8 Å². The zero-order valence-electron chi connectivity index (χ0n) is 13.3. The van der Waals surface area contributed by atoms with Crippen LogP contribution in [0.4, 0.5) is 0 Å². The van der Waals surface area contributed by atoms with Gasteiger partial charge in [0.25, 0.3) is 0 Å². The summed E-state index contributed by atoms with van der Waals surface area (Å²) in [5, 5.41) is 13.8. The highest BCUT2D eigenvalue weighted by molar-refractivity contribution is 5.76. The maximum absolute atomic E-state index is 11.6. The first-order valence-electron chi connectivity index (χ1n) is 6.87. The monoisotopic (exact) mass is 282 g/mol. The second kappa shape index (κ2) is 6.41. The van der Waals surface area contributed by atoms with Crippen molar-refractivity contribution in [2.75, 3.05) is 20.6 Å². The predicted octanol–water partition coefficient (Wildman–Crippen LogP) is 1.56. The van der Waals surface area contributed by atoms with Crippen LogP contribution in [0.1, 0.15) is 37.4 Å². The van der Waals surface area contributed by atoms with E-state index in [1.165, 1.54) is 0 Å². The van der Waals surface area contributed by atoms with Crippen molar-refractivity contribution in [3.63, 3.8) is 0 Å². The van der Waals surface area contributed by atoms with Crippen molar-refractivity contribution in [3.8, 4) is 0 Å². The molecule has 0 aliphatic rings. The van der Waals surface area contributed by atoms with E-state index in [2.05, 4.69) is 5.32 Å². The minimum Gasteiger partial charge on any atom is -0.466 e. The van der Waals surface area contributed by atoms with Crippen LogP contribution in [0.3, 0.4) is 0 Å². The molecule has 1 aromatic heterocycles. The Hall–Kier alpha value is -1.33. The number of nitrogens with one attached hydrogen (secondary N) is 1. The number of aryl methyl sites for hydroxylation is 2. The molecule has 5 nitrogen and oxygen atoms in total. The Labute approximate surface area is 121 Å². The summed E-state index contributed by atoms with van der Waals surface area (Å²) in [6, 6.07) is 1.86. The molecule has 2 N–H and O–H groups in total. The molecule has 5 heteroatoms. The van der Waals surface area contributed by atoms with Crippen LogP contribution in [0, 0.1) is 13.8 Å². The first kappa shape index (κ1) is 16.7. The minimum absolute atomic E-state index is 0.00433. The van der Waals surface area contributed by atoms with Crippen molar-refractivity contribution >= 4 is 5.91 Å². The first-order chi connectivity index (χ1) is 9.13. The molecule has 0 aliphatic carbocycles. The second-order valence-electron chi connectivity index (χ2n) is 5.88. The molecule has 0 saturated carbocycles. The molecule has 0 spiro atoms. The fourth-order valence-corrected chi connectivity index (χ4v) is 2.15. The molecule has 0 fully saturated rings. The molecule has 2 unspecified atom stereocenters. The number of amides is 1. The van der Waals surface area contributed by atoms with Crippen LogP contribution in [0.5, 0.6) is 0 Å². The SMILES string of the molecule is Cc1cc(C(C)(O)CNC(C)CC(=O)N(C)C)c(C)o1. The largest absolute Gasteiger partial charge is 0.466 e. The van der Waals surface area contributed by atoms with Gasteiger partial charge in [0.1, 0.15) is 17.1 Å². The highest BCUT2D eigenvalue weighted by Crippen LogP contribution is 2.26. The summed E-state index contributed by atoms with van der Waals surface area (Å²) in [5.41, 5.74) is -0.231. The molecule has 1 heterocycles. The molecular formula is C15H26N2O3. The summed E-state index contributed by atoms with van der Waals surface area (Å²) in [6.45, 7) is 7.76. The highest BCUT2D eigenvalue weighted by atomic mass is 16.3. The van der Waals surface area contributed by atoms with E-state index in [-0.39, 0.29) is 11.9 Å². The molecule has 1 rings (SSSR count). The van der Waals surface area contributed by atoms with Gasteiger partial charge in [0.15, 0.2) is 0 Å². The second-order valence-corrected chi connectivity index (χ2v) is 5.88. The van der Waals surface area contributed by atoms with E-state index in [1.807, 2.05) is 26.8 Å². The third kappa shape index (κ3) is 4.35. The van der Waals surface area contributed by atoms with E-state index >= 15 is 0 Å². The van der Waals surface area contributed by atoms with Crippen molar-refractivity contribution in [3.05, 3.63) is 23.2 Å². The van der Waals surface area contributed by atoms with Gasteiger partial charge in [-0.05, 0) is 33.8 Å². The number of carbonyl (C=O) groups is 1. The lowest BCUT2D eigenvalue weighted by Gasteiger charge is -2.26. The average molecular weight is 282 g/mol. The van der Waals surface area contributed by atoms with Gasteiger partial charge >= 0.3 is 0 Å². The number of nitrogens with zero attached hydrogens (tertiary/aromatic N) is 1. The zero-order valence-corrected chi connectivity index (χ0v) is 13.3. The molecule has 0 aliphatic heterocycles. The van der Waals surface area contributed by atoms with Crippen LogP contribution in [-0.4, -0.2) is 42.6 Å². The zero-order chi connectivity index (χ0) is 15.5. The van der Waals surface area contributed by atoms with E-state index < -0.39 is 5.60 Å². The van der Waals surface area contributed by atoms with Gasteiger partial charge in [0.2, 0.25) is 5.91 Å². The third-order valence-electron chi connectivity index (χ3n) is 3.40. The quantitative estimate of drug-likeness (QED) is 0.831. The average Bonchev–Trinajstić information content (AvgIpc) is 2.66. The Morgan fingerprint density at radius 3 is 2.55 bits per heavy atom. The van der Waals surface area contributed by atoms with Gasteiger partial charge in [0.05, 0.1) is 0 Å². The molecule has 0 aromatic carbocycles. The van der Waals surface area contributed by atoms with Gasteiger partial charge in [-0.25, -0.2) is 0 Å². The number of carbonyl (C=O) groups excluding carboxylic acids is 1. The molecule has 20 heavy (non-hydrogen) atoms. The maximum Gasteiger partial charge on any atom is 0.223 e. The standard InChI is InChI=1S/C15H26N2O3/c1-10(7-14(18)17(5)6)16-9-15(4,19)13-8-11(2)20-12(13)3/h8,10,16,19H,7,9H2,1-6H3. The Kier molecular flexibility index (Phi) is 5.36. The van der Waals surface area contributed by atoms with Crippen molar-refractivity contribution in [2.24, 2.45) is 0 Å². The van der Waals surface area contributed by atoms with Gasteiger partial charge in [-0.2, -0.15) is 0 Å². The Morgan fingerprint density at radius 1 is 1.50 bits per heavy atom. The topological polar surface area (TPSA) is 65.7 Å². The highest BCUT2D eigenvalue weighted by Gasteiger charge is 2.28. The Bertz CT molecular complexity index is 464. The summed E-state index contributed by atoms with van der Waals surface area (Å²) in [6.07, 6.45) is 0.409. The van der Waals surface area contributed by atoms with Crippen LogP contribution in [0.15, 0.2) is 10.5 Å². The van der Waals surface area contributed by atoms with Crippen LogP contribution in [0.25, 0.3) is 0 Å². The van der Waals surface area contributed by atoms with Gasteiger partial charge in [-0.1, -0.05) is 0 Å². The van der Waals surface area contributed by atoms with Gasteiger partial charge in [0, 0.05) is 38.7 Å². The number of hydrogen-bond acceptors (Lipinski definition) is 4. The fourth-order valence-electron chi connectivity index (χ4n) is 2.15. The number of rotatable bonds is 6. The smallest absolute Gasteiger partial charge is 0.223 e. The Morgan fingerprint density at radius 2 is 2.10 bits per heavy atom. The third-order valence-corrected chi connectivity index (χ3v) is 3.40. The summed E-state index contributed by atoms with van der Waals surface area (Å²) < 4.78 is 5.46. The predicted molar refractivity (Wildman–Crippen MR) is 78.5 cm³/mol. The molecule has 1 amide bonds.